The van der Waals surface area contributed by atoms with E-state index < -0.39 is 5.97 Å². The van der Waals surface area contributed by atoms with Crippen LogP contribution in [0.5, 0.6) is 5.75 Å². The molecule has 3 N–H and O–H groups in total. The molecule has 7 heteroatoms. The van der Waals surface area contributed by atoms with Crippen LogP contribution in [0, 0.1) is 0 Å². The maximum Gasteiger partial charge on any atom is 0.335 e. The van der Waals surface area contributed by atoms with Crippen LogP contribution in [0.3, 0.4) is 0 Å². The highest BCUT2D eigenvalue weighted by atomic mass is 32.1. The minimum atomic E-state index is -0.947. The number of thiocarbonyl (C=S) groups is 1. The third-order valence-corrected chi connectivity index (χ3v) is 3.46. The van der Waals surface area contributed by atoms with Crippen LogP contribution < -0.4 is 15.5 Å². The van der Waals surface area contributed by atoms with Crippen molar-refractivity contribution in [2.45, 2.75) is 13.5 Å². The molecule has 0 fully saturated rings. The van der Waals surface area contributed by atoms with Gasteiger partial charge in [-0.15, -0.1) is 0 Å². The first-order chi connectivity index (χ1) is 12.1. The average molecular weight is 357 g/mol. The van der Waals surface area contributed by atoms with Gasteiger partial charge in [-0.2, -0.15) is 5.10 Å². The molecule has 2 rings (SSSR count). The van der Waals surface area contributed by atoms with E-state index in [9.17, 15) is 4.79 Å². The number of rotatable bonds is 7. The standard InChI is InChI=1S/C18H19N3O3S/c1-2-19-18(25)21-20-11-15-5-3-4-6-16(15)24-12-13-7-9-14(10-8-13)17(22)23/h3-11H,2,12H2,1H3,(H,22,23)(H2,19,21,25)/b20-11-. The zero-order valence-corrected chi connectivity index (χ0v) is 14.5. The monoisotopic (exact) mass is 357 g/mol. The van der Waals surface area contributed by atoms with Gasteiger partial charge in [0.25, 0.3) is 0 Å². The van der Waals surface area contributed by atoms with Gasteiger partial charge >= 0.3 is 5.97 Å². The van der Waals surface area contributed by atoms with Crippen molar-refractivity contribution in [2.75, 3.05) is 6.54 Å². The maximum absolute atomic E-state index is 10.9. The van der Waals surface area contributed by atoms with Gasteiger partial charge in [0.1, 0.15) is 12.4 Å². The van der Waals surface area contributed by atoms with Gasteiger partial charge in [0, 0.05) is 12.1 Å². The lowest BCUT2D eigenvalue weighted by molar-refractivity contribution is 0.0697. The quantitative estimate of drug-likeness (QED) is 0.402. The zero-order chi connectivity index (χ0) is 18.1. The lowest BCUT2D eigenvalue weighted by atomic mass is 10.1. The highest BCUT2D eigenvalue weighted by Gasteiger charge is 2.04. The normalized spacial score (nSPS) is 10.4. The predicted molar refractivity (Wildman–Crippen MR) is 101 cm³/mol. The number of ether oxygens (including phenoxy) is 1. The SMILES string of the molecule is CCNC(=S)N/N=C\c1ccccc1OCc1ccc(C(=O)O)cc1. The van der Waals surface area contributed by atoms with E-state index in [-0.39, 0.29) is 5.56 Å². The number of carboxylic acids is 1. The van der Waals surface area contributed by atoms with Gasteiger partial charge in [-0.05, 0) is 49.0 Å². The van der Waals surface area contributed by atoms with Gasteiger partial charge in [-0.1, -0.05) is 24.3 Å². The first-order valence-corrected chi connectivity index (χ1v) is 8.12. The Balaban J connectivity index is 1.99. The van der Waals surface area contributed by atoms with E-state index in [0.717, 1.165) is 17.7 Å². The molecule has 0 amide bonds. The molecule has 2 aromatic rings. The third-order valence-electron chi connectivity index (χ3n) is 3.22. The Hall–Kier alpha value is -2.93. The second kappa shape index (κ2) is 9.39. The molecule has 0 aliphatic heterocycles. The molecule has 0 bridgehead atoms. The molecular formula is C18H19N3O3S. The van der Waals surface area contributed by atoms with Crippen molar-refractivity contribution in [3.05, 3.63) is 65.2 Å². The highest BCUT2D eigenvalue weighted by molar-refractivity contribution is 7.80. The number of hydrogen-bond acceptors (Lipinski definition) is 4. The van der Waals surface area contributed by atoms with E-state index in [1.807, 2.05) is 31.2 Å². The van der Waals surface area contributed by atoms with E-state index in [4.69, 9.17) is 22.1 Å². The number of carboxylic acid groups (broad SMARTS) is 1. The fraction of sp³-hybridized carbons (Fsp3) is 0.167. The molecule has 6 nitrogen and oxygen atoms in total. The number of para-hydroxylation sites is 1. The van der Waals surface area contributed by atoms with Crippen molar-refractivity contribution in [3.8, 4) is 5.75 Å². The lowest BCUT2D eigenvalue weighted by Crippen LogP contribution is -2.31. The summed E-state index contributed by atoms with van der Waals surface area (Å²) < 4.78 is 5.81. The first kappa shape index (κ1) is 18.4. The number of aromatic carboxylic acids is 1. The Morgan fingerprint density at radius 3 is 2.64 bits per heavy atom. The Labute approximate surface area is 151 Å². The Bertz CT molecular complexity index is 760. The second-order valence-corrected chi connectivity index (χ2v) is 5.47. The number of carbonyl (C=O) groups is 1. The van der Waals surface area contributed by atoms with E-state index in [0.29, 0.717) is 17.5 Å². The van der Waals surface area contributed by atoms with Crippen LogP contribution >= 0.6 is 12.2 Å². The summed E-state index contributed by atoms with van der Waals surface area (Å²) in [6.07, 6.45) is 1.63. The van der Waals surface area contributed by atoms with E-state index in [2.05, 4.69) is 15.8 Å². The minimum Gasteiger partial charge on any atom is -0.488 e. The molecule has 0 aliphatic carbocycles. The fourth-order valence-corrected chi connectivity index (χ4v) is 2.18. The summed E-state index contributed by atoms with van der Waals surface area (Å²) in [5.74, 6) is -0.276. The van der Waals surface area contributed by atoms with Gasteiger partial charge < -0.3 is 15.2 Å². The number of benzene rings is 2. The largest absolute Gasteiger partial charge is 0.488 e. The summed E-state index contributed by atoms with van der Waals surface area (Å²) in [4.78, 5) is 10.9. The number of hydrogen-bond donors (Lipinski definition) is 3. The average Bonchev–Trinajstić information content (AvgIpc) is 2.61. The Kier molecular flexibility index (Phi) is 6.91. The van der Waals surface area contributed by atoms with Crippen LogP contribution in [0.2, 0.25) is 0 Å². The van der Waals surface area contributed by atoms with Crippen LogP contribution in [-0.2, 0) is 6.61 Å². The lowest BCUT2D eigenvalue weighted by Gasteiger charge is -2.09. The minimum absolute atomic E-state index is 0.249. The molecule has 0 aromatic heterocycles. The summed E-state index contributed by atoms with van der Waals surface area (Å²) in [5.41, 5.74) is 4.66. The topological polar surface area (TPSA) is 83.0 Å². The zero-order valence-electron chi connectivity index (χ0n) is 13.7. The third kappa shape index (κ3) is 5.89. The molecule has 0 spiro atoms. The summed E-state index contributed by atoms with van der Waals surface area (Å²) in [7, 11) is 0. The molecule has 0 radical (unpaired) electrons. The van der Waals surface area contributed by atoms with Gasteiger partial charge in [0.15, 0.2) is 5.11 Å². The molecule has 0 saturated heterocycles. The molecular weight excluding hydrogens is 338 g/mol. The van der Waals surface area contributed by atoms with Gasteiger partial charge in [0.05, 0.1) is 11.8 Å². The number of nitrogens with zero attached hydrogens (tertiary/aromatic N) is 1. The molecule has 130 valence electrons. The number of nitrogens with one attached hydrogen (secondary N) is 2. The van der Waals surface area contributed by atoms with Gasteiger partial charge in [-0.3, -0.25) is 5.43 Å². The van der Waals surface area contributed by atoms with Crippen molar-refractivity contribution in [1.29, 1.82) is 0 Å². The van der Waals surface area contributed by atoms with E-state index >= 15 is 0 Å². The Morgan fingerprint density at radius 1 is 1.24 bits per heavy atom. The van der Waals surface area contributed by atoms with E-state index in [1.165, 1.54) is 0 Å². The van der Waals surface area contributed by atoms with Gasteiger partial charge in [0.2, 0.25) is 0 Å². The van der Waals surface area contributed by atoms with Gasteiger partial charge in [-0.25, -0.2) is 4.79 Å². The molecule has 2 aromatic carbocycles. The summed E-state index contributed by atoms with van der Waals surface area (Å²) in [6.45, 7) is 3.00. The molecule has 0 atom stereocenters. The summed E-state index contributed by atoms with van der Waals surface area (Å²) in [6, 6.07) is 14.1. The second-order valence-electron chi connectivity index (χ2n) is 5.06. The first-order valence-electron chi connectivity index (χ1n) is 7.71. The van der Waals surface area contributed by atoms with Crippen LogP contribution in [0.1, 0.15) is 28.4 Å². The fourth-order valence-electron chi connectivity index (χ4n) is 1.98. The van der Waals surface area contributed by atoms with E-state index in [1.54, 1.807) is 30.5 Å². The van der Waals surface area contributed by atoms with Crippen molar-refractivity contribution in [3.63, 3.8) is 0 Å². The van der Waals surface area contributed by atoms with Crippen LogP contribution in [-0.4, -0.2) is 28.9 Å². The highest BCUT2D eigenvalue weighted by Crippen LogP contribution is 2.17. The Morgan fingerprint density at radius 2 is 1.96 bits per heavy atom. The molecule has 0 heterocycles. The van der Waals surface area contributed by atoms with Crippen LogP contribution in [0.4, 0.5) is 0 Å². The summed E-state index contributed by atoms with van der Waals surface area (Å²) in [5, 5.41) is 16.4. The predicted octanol–water partition coefficient (Wildman–Crippen LogP) is 2.78. The van der Waals surface area contributed by atoms with Crippen LogP contribution in [0.15, 0.2) is 53.6 Å². The smallest absolute Gasteiger partial charge is 0.335 e. The maximum atomic E-state index is 10.9. The molecule has 0 aliphatic rings. The van der Waals surface area contributed by atoms with Crippen molar-refractivity contribution in [1.82, 2.24) is 10.7 Å². The van der Waals surface area contributed by atoms with Crippen molar-refractivity contribution in [2.24, 2.45) is 5.10 Å². The van der Waals surface area contributed by atoms with Crippen molar-refractivity contribution < 1.29 is 14.6 Å². The number of hydrazone groups is 1. The molecule has 0 unspecified atom stereocenters. The van der Waals surface area contributed by atoms with Crippen LogP contribution in [0.25, 0.3) is 0 Å². The summed E-state index contributed by atoms with van der Waals surface area (Å²) >= 11 is 5.04. The van der Waals surface area contributed by atoms with Crippen molar-refractivity contribution >= 4 is 29.5 Å². The molecule has 0 saturated carbocycles. The molecule has 25 heavy (non-hydrogen) atoms.